The predicted molar refractivity (Wildman–Crippen MR) is 89.9 cm³/mol. The van der Waals surface area contributed by atoms with E-state index in [0.29, 0.717) is 4.75 Å². The highest BCUT2D eigenvalue weighted by atomic mass is 32.2. The van der Waals surface area contributed by atoms with Gasteiger partial charge in [-0.2, -0.15) is 11.8 Å². The molecule has 1 aliphatic heterocycles. The van der Waals surface area contributed by atoms with Gasteiger partial charge in [-0.15, -0.1) is 0 Å². The number of hydrogen-bond donors (Lipinski definition) is 2. The highest BCUT2D eigenvalue weighted by molar-refractivity contribution is 8.00. The van der Waals surface area contributed by atoms with Crippen molar-refractivity contribution in [3.8, 4) is 0 Å². The van der Waals surface area contributed by atoms with Crippen molar-refractivity contribution in [2.24, 2.45) is 0 Å². The summed E-state index contributed by atoms with van der Waals surface area (Å²) in [4.78, 5) is 12.4. The van der Waals surface area contributed by atoms with Gasteiger partial charge in [-0.3, -0.25) is 4.79 Å². The molecule has 1 atom stereocenters. The van der Waals surface area contributed by atoms with E-state index < -0.39 is 0 Å². The number of para-hydroxylation sites is 1. The van der Waals surface area contributed by atoms with E-state index in [4.69, 9.17) is 0 Å². The molecule has 0 spiro atoms. The van der Waals surface area contributed by atoms with Crippen LogP contribution in [0.5, 0.6) is 0 Å². The van der Waals surface area contributed by atoms with Crippen molar-refractivity contribution in [1.82, 2.24) is 5.32 Å². The van der Waals surface area contributed by atoms with E-state index in [-0.39, 0.29) is 11.9 Å². The molecule has 4 heteroatoms. The first-order chi connectivity index (χ1) is 10.2. The molecule has 0 aromatic heterocycles. The van der Waals surface area contributed by atoms with E-state index in [9.17, 15) is 4.79 Å². The lowest BCUT2D eigenvalue weighted by molar-refractivity contribution is -0.118. The first-order valence-corrected chi connectivity index (χ1v) is 9.12. The van der Waals surface area contributed by atoms with Crippen LogP contribution in [-0.4, -0.2) is 29.5 Å². The van der Waals surface area contributed by atoms with Gasteiger partial charge in [0.1, 0.15) is 0 Å². The van der Waals surface area contributed by atoms with Gasteiger partial charge in [-0.1, -0.05) is 31.0 Å². The minimum absolute atomic E-state index is 0.0676. The zero-order valence-electron chi connectivity index (χ0n) is 12.7. The summed E-state index contributed by atoms with van der Waals surface area (Å²) in [6.45, 7) is 0.947. The van der Waals surface area contributed by atoms with E-state index in [1.165, 1.54) is 31.2 Å². The Morgan fingerprint density at radius 2 is 2.10 bits per heavy atom. The molecule has 1 heterocycles. The van der Waals surface area contributed by atoms with Crippen LogP contribution >= 0.6 is 11.8 Å². The van der Waals surface area contributed by atoms with Crippen LogP contribution in [-0.2, 0) is 11.2 Å². The summed E-state index contributed by atoms with van der Waals surface area (Å²) in [5, 5.41) is 6.62. The van der Waals surface area contributed by atoms with Crippen molar-refractivity contribution in [3.05, 3.63) is 29.8 Å². The average molecular weight is 304 g/mol. The molecule has 1 fully saturated rings. The van der Waals surface area contributed by atoms with Crippen LogP contribution < -0.4 is 10.6 Å². The molecule has 2 aliphatic rings. The SMILES string of the molecule is CSC1(CNC2CCc3ccccc3NC2=O)CCCC1. The second-order valence-electron chi connectivity index (χ2n) is 6.21. The van der Waals surface area contributed by atoms with Gasteiger partial charge in [-0.05, 0) is 43.6 Å². The lowest BCUT2D eigenvalue weighted by Gasteiger charge is -2.29. The van der Waals surface area contributed by atoms with Gasteiger partial charge in [0, 0.05) is 17.0 Å². The quantitative estimate of drug-likeness (QED) is 0.897. The maximum Gasteiger partial charge on any atom is 0.241 e. The lowest BCUT2D eigenvalue weighted by Crippen LogP contribution is -2.46. The second-order valence-corrected chi connectivity index (χ2v) is 7.49. The fourth-order valence-electron chi connectivity index (χ4n) is 3.49. The molecule has 1 aliphatic carbocycles. The monoisotopic (exact) mass is 304 g/mol. The Bertz CT molecular complexity index is 511. The molecule has 3 nitrogen and oxygen atoms in total. The van der Waals surface area contributed by atoms with Crippen LogP contribution in [0.25, 0.3) is 0 Å². The van der Waals surface area contributed by atoms with Crippen LogP contribution in [0.15, 0.2) is 24.3 Å². The lowest BCUT2D eigenvalue weighted by atomic mass is 10.0. The van der Waals surface area contributed by atoms with Crippen molar-refractivity contribution < 1.29 is 4.79 Å². The smallest absolute Gasteiger partial charge is 0.241 e. The molecular formula is C17H24N2OS. The maximum absolute atomic E-state index is 12.4. The number of carbonyl (C=O) groups is 1. The Balaban J connectivity index is 1.63. The number of nitrogens with one attached hydrogen (secondary N) is 2. The van der Waals surface area contributed by atoms with Gasteiger partial charge in [0.25, 0.3) is 0 Å². The number of anilines is 1. The molecule has 2 N–H and O–H groups in total. The fraction of sp³-hybridized carbons (Fsp3) is 0.588. The molecule has 1 aromatic rings. The van der Waals surface area contributed by atoms with Crippen LogP contribution in [0.1, 0.15) is 37.7 Å². The number of thioether (sulfide) groups is 1. The standard InChI is InChI=1S/C17H24N2OS/c1-21-17(10-4-5-11-17)12-18-15-9-8-13-6-2-3-7-14(13)19-16(15)20/h2-3,6-7,15,18H,4-5,8-12H2,1H3,(H,19,20). The first-order valence-electron chi connectivity index (χ1n) is 7.90. The van der Waals surface area contributed by atoms with E-state index in [1.807, 2.05) is 30.0 Å². The second kappa shape index (κ2) is 6.41. The maximum atomic E-state index is 12.4. The normalized spacial score (nSPS) is 24.2. The fourth-order valence-corrected chi connectivity index (χ4v) is 4.41. The Kier molecular flexibility index (Phi) is 4.55. The highest BCUT2D eigenvalue weighted by Crippen LogP contribution is 2.39. The molecule has 1 saturated carbocycles. The van der Waals surface area contributed by atoms with Crippen molar-refractivity contribution in [3.63, 3.8) is 0 Å². The summed E-state index contributed by atoms with van der Waals surface area (Å²) in [6.07, 6.45) is 9.24. The molecule has 3 rings (SSSR count). The van der Waals surface area contributed by atoms with Crippen molar-refractivity contribution in [2.45, 2.75) is 49.3 Å². The molecule has 1 unspecified atom stereocenters. The van der Waals surface area contributed by atoms with E-state index in [1.54, 1.807) is 0 Å². The summed E-state index contributed by atoms with van der Waals surface area (Å²) in [5.41, 5.74) is 2.22. The zero-order chi connectivity index (χ0) is 14.7. The predicted octanol–water partition coefficient (Wildman–Crippen LogP) is 3.21. The van der Waals surface area contributed by atoms with Crippen molar-refractivity contribution in [2.75, 3.05) is 18.1 Å². The van der Waals surface area contributed by atoms with E-state index in [0.717, 1.165) is 25.1 Å². The number of fused-ring (bicyclic) bond motifs is 1. The summed E-state index contributed by atoms with van der Waals surface area (Å²) in [6, 6.07) is 8.06. The van der Waals surface area contributed by atoms with E-state index >= 15 is 0 Å². The minimum atomic E-state index is -0.0676. The van der Waals surface area contributed by atoms with Crippen LogP contribution in [0.2, 0.25) is 0 Å². The number of hydrogen-bond acceptors (Lipinski definition) is 3. The molecule has 21 heavy (non-hydrogen) atoms. The first kappa shape index (κ1) is 14.9. The average Bonchev–Trinajstić information content (AvgIpc) is 2.91. The van der Waals surface area contributed by atoms with Gasteiger partial charge in [-0.25, -0.2) is 0 Å². The van der Waals surface area contributed by atoms with Crippen LogP contribution in [0.3, 0.4) is 0 Å². The Hall–Kier alpha value is -1.00. The van der Waals surface area contributed by atoms with Crippen LogP contribution in [0, 0.1) is 0 Å². The van der Waals surface area contributed by atoms with Gasteiger partial charge >= 0.3 is 0 Å². The number of benzene rings is 1. The largest absolute Gasteiger partial charge is 0.324 e. The zero-order valence-corrected chi connectivity index (χ0v) is 13.5. The van der Waals surface area contributed by atoms with Crippen LogP contribution in [0.4, 0.5) is 5.69 Å². The Labute approximate surface area is 131 Å². The Morgan fingerprint density at radius 1 is 1.33 bits per heavy atom. The number of carbonyl (C=O) groups excluding carboxylic acids is 1. The molecule has 1 amide bonds. The topological polar surface area (TPSA) is 41.1 Å². The third kappa shape index (κ3) is 3.27. The molecule has 114 valence electrons. The Morgan fingerprint density at radius 3 is 2.86 bits per heavy atom. The third-order valence-electron chi connectivity index (χ3n) is 4.91. The highest BCUT2D eigenvalue weighted by Gasteiger charge is 2.34. The summed E-state index contributed by atoms with van der Waals surface area (Å²) in [5.74, 6) is 0.120. The number of aryl methyl sites for hydroxylation is 1. The van der Waals surface area contributed by atoms with Gasteiger partial charge in [0.15, 0.2) is 0 Å². The van der Waals surface area contributed by atoms with Gasteiger partial charge in [0.05, 0.1) is 6.04 Å². The summed E-state index contributed by atoms with van der Waals surface area (Å²) in [7, 11) is 0. The summed E-state index contributed by atoms with van der Waals surface area (Å²) < 4.78 is 0.347. The molecular weight excluding hydrogens is 280 g/mol. The molecule has 0 radical (unpaired) electrons. The molecule has 0 saturated heterocycles. The van der Waals surface area contributed by atoms with Gasteiger partial charge in [0.2, 0.25) is 5.91 Å². The third-order valence-corrected chi connectivity index (χ3v) is 6.33. The van der Waals surface area contributed by atoms with Gasteiger partial charge < -0.3 is 10.6 Å². The van der Waals surface area contributed by atoms with Crippen molar-refractivity contribution in [1.29, 1.82) is 0 Å². The molecule has 0 bridgehead atoms. The molecule has 1 aromatic carbocycles. The number of rotatable bonds is 4. The number of amides is 1. The van der Waals surface area contributed by atoms with Crippen molar-refractivity contribution >= 4 is 23.4 Å². The summed E-state index contributed by atoms with van der Waals surface area (Å²) >= 11 is 1.97. The minimum Gasteiger partial charge on any atom is -0.324 e. The van der Waals surface area contributed by atoms with E-state index in [2.05, 4.69) is 23.0 Å².